The van der Waals surface area contributed by atoms with Crippen molar-refractivity contribution in [3.63, 3.8) is 0 Å². The van der Waals surface area contributed by atoms with Crippen molar-refractivity contribution in [2.24, 2.45) is 0 Å². The van der Waals surface area contributed by atoms with Crippen molar-refractivity contribution in [2.45, 2.75) is 6.61 Å². The van der Waals surface area contributed by atoms with Gasteiger partial charge in [0, 0.05) is 12.3 Å². The van der Waals surface area contributed by atoms with Crippen LogP contribution in [-0.2, 0) is 11.3 Å². The highest BCUT2D eigenvalue weighted by atomic mass is 16.5. The Hall–Kier alpha value is -2.63. The predicted octanol–water partition coefficient (Wildman–Crippen LogP) is 1.52. The number of nitrogens with one attached hydrogen (secondary N) is 2. The van der Waals surface area contributed by atoms with Crippen LogP contribution in [0.3, 0.4) is 0 Å². The Bertz CT molecular complexity index is 580. The molecule has 1 heterocycles. The van der Waals surface area contributed by atoms with E-state index in [0.29, 0.717) is 0 Å². The van der Waals surface area contributed by atoms with Gasteiger partial charge in [-0.25, -0.2) is 9.78 Å². The van der Waals surface area contributed by atoms with Crippen molar-refractivity contribution in [1.29, 1.82) is 0 Å². The molecular formula is C12H11N3O3. The topological polar surface area (TPSA) is 84.1 Å². The summed E-state index contributed by atoms with van der Waals surface area (Å²) in [6.45, 7) is 0.156. The number of benzene rings is 1. The Balaban J connectivity index is 1.88. The number of aromatic nitrogens is 2. The zero-order chi connectivity index (χ0) is 12.8. The Morgan fingerprint density at radius 1 is 1.28 bits per heavy atom. The van der Waals surface area contributed by atoms with Gasteiger partial charge in [-0.1, -0.05) is 30.3 Å². The van der Waals surface area contributed by atoms with Crippen LogP contribution in [0, 0.1) is 0 Å². The van der Waals surface area contributed by atoms with Crippen molar-refractivity contribution < 1.29 is 9.53 Å². The van der Waals surface area contributed by atoms with E-state index in [4.69, 9.17) is 4.74 Å². The lowest BCUT2D eigenvalue weighted by molar-refractivity contribution is 0.155. The third kappa shape index (κ3) is 3.44. The second-order valence-electron chi connectivity index (χ2n) is 3.47. The van der Waals surface area contributed by atoms with Crippen LogP contribution in [0.2, 0.25) is 0 Å². The second kappa shape index (κ2) is 5.62. The molecule has 0 atom stereocenters. The van der Waals surface area contributed by atoms with Gasteiger partial charge in [0.1, 0.15) is 6.61 Å². The monoisotopic (exact) mass is 245 g/mol. The normalized spacial score (nSPS) is 9.78. The Morgan fingerprint density at radius 3 is 2.78 bits per heavy atom. The van der Waals surface area contributed by atoms with E-state index in [9.17, 15) is 9.59 Å². The van der Waals surface area contributed by atoms with Gasteiger partial charge in [0.15, 0.2) is 0 Å². The standard InChI is InChI=1S/C12H11N3O3/c16-10-6-7-13-11(14-10)15-12(17)18-8-9-4-2-1-3-5-9/h1-7H,8H2,(H2,13,14,15,16,17). The number of hydrogen-bond donors (Lipinski definition) is 2. The largest absolute Gasteiger partial charge is 0.444 e. The van der Waals surface area contributed by atoms with Crippen LogP contribution in [0.1, 0.15) is 5.56 Å². The maximum Gasteiger partial charge on any atom is 0.414 e. The van der Waals surface area contributed by atoms with Crippen molar-refractivity contribution in [3.8, 4) is 0 Å². The van der Waals surface area contributed by atoms with Gasteiger partial charge in [0.05, 0.1) is 0 Å². The predicted molar refractivity (Wildman–Crippen MR) is 65.1 cm³/mol. The number of hydrogen-bond acceptors (Lipinski definition) is 4. The van der Waals surface area contributed by atoms with Crippen LogP contribution in [0.15, 0.2) is 47.4 Å². The number of nitrogens with zero attached hydrogens (tertiary/aromatic N) is 1. The Labute approximate surface area is 103 Å². The molecule has 0 saturated carbocycles. The van der Waals surface area contributed by atoms with E-state index in [2.05, 4.69) is 15.3 Å². The number of carbonyl (C=O) groups is 1. The zero-order valence-electron chi connectivity index (χ0n) is 9.42. The van der Waals surface area contributed by atoms with Crippen LogP contribution in [0.4, 0.5) is 10.7 Å². The molecule has 1 aromatic heterocycles. The summed E-state index contributed by atoms with van der Waals surface area (Å²) >= 11 is 0. The molecule has 0 fully saturated rings. The summed E-state index contributed by atoms with van der Waals surface area (Å²) in [5.41, 5.74) is 0.533. The first-order valence-electron chi connectivity index (χ1n) is 5.27. The second-order valence-corrected chi connectivity index (χ2v) is 3.47. The van der Waals surface area contributed by atoms with Crippen LogP contribution in [0.5, 0.6) is 0 Å². The molecule has 2 aromatic rings. The molecule has 0 saturated heterocycles. The minimum absolute atomic E-state index is 0.0561. The fourth-order valence-electron chi connectivity index (χ4n) is 1.29. The summed E-state index contributed by atoms with van der Waals surface area (Å²) in [4.78, 5) is 28.5. The maximum absolute atomic E-state index is 11.4. The summed E-state index contributed by atoms with van der Waals surface area (Å²) in [5.74, 6) is 0.0561. The number of H-pyrrole nitrogens is 1. The van der Waals surface area contributed by atoms with Crippen molar-refractivity contribution in [2.75, 3.05) is 5.32 Å². The molecule has 18 heavy (non-hydrogen) atoms. The van der Waals surface area contributed by atoms with E-state index in [1.54, 1.807) is 0 Å². The van der Waals surface area contributed by atoms with Gasteiger partial charge in [0.25, 0.3) is 5.56 Å². The molecule has 1 amide bonds. The van der Waals surface area contributed by atoms with Gasteiger partial charge in [-0.05, 0) is 5.56 Å². The van der Waals surface area contributed by atoms with Crippen molar-refractivity contribution >= 4 is 12.0 Å². The first-order valence-corrected chi connectivity index (χ1v) is 5.27. The molecule has 0 spiro atoms. The molecule has 0 aliphatic rings. The summed E-state index contributed by atoms with van der Waals surface area (Å²) in [6, 6.07) is 10.5. The van der Waals surface area contributed by atoms with E-state index in [1.807, 2.05) is 30.3 Å². The smallest absolute Gasteiger partial charge is 0.414 e. The van der Waals surface area contributed by atoms with E-state index in [0.717, 1.165) is 5.56 Å². The molecular weight excluding hydrogens is 234 g/mol. The molecule has 0 unspecified atom stereocenters. The summed E-state index contributed by atoms with van der Waals surface area (Å²) in [7, 11) is 0. The summed E-state index contributed by atoms with van der Waals surface area (Å²) in [5, 5.41) is 2.33. The third-order valence-electron chi connectivity index (χ3n) is 2.10. The Morgan fingerprint density at radius 2 is 2.06 bits per heavy atom. The minimum Gasteiger partial charge on any atom is -0.444 e. The zero-order valence-corrected chi connectivity index (χ0v) is 9.42. The molecule has 1 aromatic carbocycles. The molecule has 2 rings (SSSR count). The molecule has 6 nitrogen and oxygen atoms in total. The van der Waals surface area contributed by atoms with E-state index < -0.39 is 6.09 Å². The molecule has 0 radical (unpaired) electrons. The van der Waals surface area contributed by atoms with E-state index in [1.165, 1.54) is 12.3 Å². The molecule has 0 aliphatic heterocycles. The number of ether oxygens (including phenoxy) is 1. The number of aromatic amines is 1. The lowest BCUT2D eigenvalue weighted by Crippen LogP contribution is -2.18. The minimum atomic E-state index is -0.673. The van der Waals surface area contributed by atoms with Gasteiger partial charge in [-0.2, -0.15) is 0 Å². The average Bonchev–Trinajstić information content (AvgIpc) is 2.38. The molecule has 0 aliphatic carbocycles. The van der Waals surface area contributed by atoms with Crippen LogP contribution in [0.25, 0.3) is 0 Å². The first-order chi connectivity index (χ1) is 8.74. The van der Waals surface area contributed by atoms with Gasteiger partial charge in [-0.15, -0.1) is 0 Å². The fourth-order valence-corrected chi connectivity index (χ4v) is 1.29. The van der Waals surface area contributed by atoms with Crippen molar-refractivity contribution in [3.05, 3.63) is 58.5 Å². The molecule has 0 bridgehead atoms. The number of rotatable bonds is 3. The summed E-state index contributed by atoms with van der Waals surface area (Å²) < 4.78 is 4.96. The molecule has 2 N–H and O–H groups in total. The highest BCUT2D eigenvalue weighted by Gasteiger charge is 2.04. The average molecular weight is 245 g/mol. The van der Waals surface area contributed by atoms with Gasteiger partial charge < -0.3 is 4.74 Å². The number of anilines is 1. The quantitative estimate of drug-likeness (QED) is 0.858. The van der Waals surface area contributed by atoms with Crippen LogP contribution in [-0.4, -0.2) is 16.1 Å². The first kappa shape index (κ1) is 11.8. The Kier molecular flexibility index (Phi) is 3.70. The van der Waals surface area contributed by atoms with E-state index >= 15 is 0 Å². The van der Waals surface area contributed by atoms with Crippen molar-refractivity contribution in [1.82, 2.24) is 9.97 Å². The lowest BCUT2D eigenvalue weighted by atomic mass is 10.2. The summed E-state index contributed by atoms with van der Waals surface area (Å²) in [6.07, 6.45) is 0.624. The third-order valence-corrected chi connectivity index (χ3v) is 2.10. The van der Waals surface area contributed by atoms with Gasteiger partial charge >= 0.3 is 6.09 Å². The van der Waals surface area contributed by atoms with Crippen LogP contribution < -0.4 is 10.9 Å². The highest BCUT2D eigenvalue weighted by Crippen LogP contribution is 2.01. The molecule has 6 heteroatoms. The number of carbonyl (C=O) groups excluding carboxylic acids is 1. The SMILES string of the molecule is O=C(Nc1nccc(=O)[nH]1)OCc1ccccc1. The van der Waals surface area contributed by atoms with Gasteiger partial charge in [0.2, 0.25) is 5.95 Å². The highest BCUT2D eigenvalue weighted by molar-refractivity contribution is 5.82. The molecule has 92 valence electrons. The maximum atomic E-state index is 11.4. The fraction of sp³-hybridized carbons (Fsp3) is 0.0833. The lowest BCUT2D eigenvalue weighted by Gasteiger charge is -2.05. The van der Waals surface area contributed by atoms with E-state index in [-0.39, 0.29) is 18.1 Å². The van der Waals surface area contributed by atoms with Crippen LogP contribution >= 0.6 is 0 Å². The number of amides is 1. The van der Waals surface area contributed by atoms with Gasteiger partial charge in [-0.3, -0.25) is 15.1 Å².